The lowest BCUT2D eigenvalue weighted by Gasteiger charge is -2.34. The molecule has 1 heterocycles. The molecule has 80 valence electrons. The van der Waals surface area contributed by atoms with E-state index in [0.717, 1.165) is 0 Å². The van der Waals surface area contributed by atoms with Crippen LogP contribution in [0.25, 0.3) is 0 Å². The summed E-state index contributed by atoms with van der Waals surface area (Å²) in [4.78, 5) is 25.9. The zero-order valence-corrected chi connectivity index (χ0v) is 9.09. The van der Waals surface area contributed by atoms with Crippen molar-refractivity contribution in [2.75, 3.05) is 32.1 Å². The van der Waals surface area contributed by atoms with Crippen LogP contribution in [0.3, 0.4) is 0 Å². The monoisotopic (exact) mass is 218 g/mol. The van der Waals surface area contributed by atoms with Crippen LogP contribution in [0, 0.1) is 0 Å². The van der Waals surface area contributed by atoms with Gasteiger partial charge in [-0.3, -0.25) is 9.59 Å². The summed E-state index contributed by atoms with van der Waals surface area (Å²) >= 11 is 5.48. The highest BCUT2D eigenvalue weighted by Gasteiger charge is 2.21. The highest BCUT2D eigenvalue weighted by Crippen LogP contribution is 2.04. The van der Waals surface area contributed by atoms with Crippen LogP contribution in [-0.4, -0.2) is 53.7 Å². The van der Waals surface area contributed by atoms with Gasteiger partial charge >= 0.3 is 0 Å². The van der Waals surface area contributed by atoms with Crippen LogP contribution < -0.4 is 0 Å². The molecule has 0 bridgehead atoms. The first kappa shape index (κ1) is 11.3. The second-order valence-electron chi connectivity index (χ2n) is 3.33. The van der Waals surface area contributed by atoms with Gasteiger partial charge in [-0.15, -0.1) is 11.6 Å². The summed E-state index contributed by atoms with van der Waals surface area (Å²) < 4.78 is 0. The summed E-state index contributed by atoms with van der Waals surface area (Å²) in [5.41, 5.74) is 0. The number of carbonyl (C=O) groups excluding carboxylic acids is 2. The molecular formula is C9H15ClN2O2. The molecule has 14 heavy (non-hydrogen) atoms. The molecule has 0 aliphatic carbocycles. The zero-order chi connectivity index (χ0) is 10.6. The number of halogens is 1. The molecule has 0 saturated carbocycles. The van der Waals surface area contributed by atoms with E-state index in [4.69, 9.17) is 11.6 Å². The minimum Gasteiger partial charge on any atom is -0.339 e. The topological polar surface area (TPSA) is 40.6 Å². The molecule has 0 aromatic heterocycles. The third kappa shape index (κ3) is 2.87. The van der Waals surface area contributed by atoms with E-state index in [9.17, 15) is 9.59 Å². The van der Waals surface area contributed by atoms with Gasteiger partial charge in [0.2, 0.25) is 11.8 Å². The summed E-state index contributed by atoms with van der Waals surface area (Å²) in [5.74, 6) is 0.531. The molecule has 0 atom stereocenters. The second-order valence-corrected chi connectivity index (χ2v) is 3.70. The Bertz CT molecular complexity index is 225. The van der Waals surface area contributed by atoms with E-state index in [1.54, 1.807) is 16.7 Å². The number of nitrogens with zero attached hydrogens (tertiary/aromatic N) is 2. The number of rotatable bonds is 2. The molecular weight excluding hydrogens is 204 g/mol. The largest absolute Gasteiger partial charge is 0.339 e. The normalized spacial score (nSPS) is 17.0. The van der Waals surface area contributed by atoms with Crippen molar-refractivity contribution in [2.24, 2.45) is 0 Å². The van der Waals surface area contributed by atoms with Crippen molar-refractivity contribution >= 4 is 23.4 Å². The number of carbonyl (C=O) groups is 2. The van der Waals surface area contributed by atoms with Crippen molar-refractivity contribution in [3.05, 3.63) is 0 Å². The highest BCUT2D eigenvalue weighted by molar-refractivity contribution is 6.18. The molecule has 5 heteroatoms. The molecule has 0 aromatic carbocycles. The Balaban J connectivity index is 2.35. The first-order valence-corrected chi connectivity index (χ1v) is 5.28. The molecule has 0 N–H and O–H groups in total. The molecule has 0 aromatic rings. The van der Waals surface area contributed by atoms with Gasteiger partial charge in [0.05, 0.1) is 0 Å². The van der Waals surface area contributed by atoms with Crippen LogP contribution in [0.2, 0.25) is 0 Å². The quantitative estimate of drug-likeness (QED) is 0.626. The zero-order valence-electron chi connectivity index (χ0n) is 8.33. The van der Waals surface area contributed by atoms with Crippen molar-refractivity contribution < 1.29 is 9.59 Å². The van der Waals surface area contributed by atoms with Gasteiger partial charge in [-0.2, -0.15) is 0 Å². The van der Waals surface area contributed by atoms with Crippen molar-refractivity contribution in [1.29, 1.82) is 0 Å². The van der Waals surface area contributed by atoms with Crippen molar-refractivity contribution in [2.45, 2.75) is 13.3 Å². The average Bonchev–Trinajstić information content (AvgIpc) is 2.18. The first-order valence-electron chi connectivity index (χ1n) is 4.74. The fourth-order valence-electron chi connectivity index (χ4n) is 1.51. The Labute approximate surface area is 88.8 Å². The van der Waals surface area contributed by atoms with Gasteiger partial charge in [0, 0.05) is 45.4 Å². The average molecular weight is 219 g/mol. The van der Waals surface area contributed by atoms with Crippen LogP contribution in [0.5, 0.6) is 0 Å². The first-order chi connectivity index (χ1) is 6.65. The smallest absolute Gasteiger partial charge is 0.223 e. The molecule has 0 spiro atoms. The summed E-state index contributed by atoms with van der Waals surface area (Å²) in [6, 6.07) is 0. The predicted molar refractivity (Wildman–Crippen MR) is 54.2 cm³/mol. The molecule has 1 fully saturated rings. The second kappa shape index (κ2) is 5.20. The lowest BCUT2D eigenvalue weighted by atomic mass is 10.3. The number of hydrogen-bond acceptors (Lipinski definition) is 2. The van der Waals surface area contributed by atoms with E-state index in [2.05, 4.69) is 0 Å². The van der Waals surface area contributed by atoms with E-state index in [1.807, 2.05) is 0 Å². The third-order valence-corrected chi connectivity index (χ3v) is 2.58. The van der Waals surface area contributed by atoms with Gasteiger partial charge in [0.25, 0.3) is 0 Å². The fourth-order valence-corrected chi connectivity index (χ4v) is 1.67. The molecule has 0 radical (unpaired) electrons. The lowest BCUT2D eigenvalue weighted by Crippen LogP contribution is -2.50. The van der Waals surface area contributed by atoms with Crippen LogP contribution in [0.1, 0.15) is 13.3 Å². The molecule has 2 amide bonds. The van der Waals surface area contributed by atoms with Crippen molar-refractivity contribution in [3.8, 4) is 0 Å². The van der Waals surface area contributed by atoms with Crippen LogP contribution >= 0.6 is 11.6 Å². The SMILES string of the molecule is CC(=O)N1CCN(C(=O)CCCl)CC1. The third-order valence-electron chi connectivity index (χ3n) is 2.39. The number of alkyl halides is 1. The molecule has 1 aliphatic rings. The van der Waals surface area contributed by atoms with E-state index >= 15 is 0 Å². The van der Waals surface area contributed by atoms with E-state index in [1.165, 1.54) is 0 Å². The standard InChI is InChI=1S/C9H15ClN2O2/c1-8(13)11-4-6-12(7-5-11)9(14)2-3-10/h2-7H2,1H3. The number of piperazine rings is 1. The maximum atomic E-state index is 11.4. The Kier molecular flexibility index (Phi) is 4.20. The number of hydrogen-bond donors (Lipinski definition) is 0. The van der Waals surface area contributed by atoms with Gasteiger partial charge in [0.1, 0.15) is 0 Å². The van der Waals surface area contributed by atoms with E-state index < -0.39 is 0 Å². The van der Waals surface area contributed by atoms with Crippen molar-refractivity contribution in [1.82, 2.24) is 9.80 Å². The van der Waals surface area contributed by atoms with Crippen LogP contribution in [0.4, 0.5) is 0 Å². The summed E-state index contributed by atoms with van der Waals surface area (Å²) in [5, 5.41) is 0. The van der Waals surface area contributed by atoms with E-state index in [-0.39, 0.29) is 11.8 Å². The lowest BCUT2D eigenvalue weighted by molar-refractivity contribution is -0.138. The van der Waals surface area contributed by atoms with Crippen molar-refractivity contribution in [3.63, 3.8) is 0 Å². The Hall–Kier alpha value is -0.770. The molecule has 1 saturated heterocycles. The highest BCUT2D eigenvalue weighted by atomic mass is 35.5. The summed E-state index contributed by atoms with van der Waals surface area (Å²) in [6.07, 6.45) is 0.391. The van der Waals surface area contributed by atoms with Gasteiger partial charge < -0.3 is 9.80 Å². The van der Waals surface area contributed by atoms with Gasteiger partial charge in [-0.05, 0) is 0 Å². The Morgan fingerprint density at radius 2 is 1.64 bits per heavy atom. The Morgan fingerprint density at radius 3 is 2.07 bits per heavy atom. The molecule has 1 rings (SSSR count). The van der Waals surface area contributed by atoms with Gasteiger partial charge in [-0.1, -0.05) is 0 Å². The van der Waals surface area contributed by atoms with Crippen LogP contribution in [-0.2, 0) is 9.59 Å². The predicted octanol–water partition coefficient (Wildman–Crippen LogP) is 0.306. The molecule has 4 nitrogen and oxygen atoms in total. The summed E-state index contributed by atoms with van der Waals surface area (Å²) in [6.45, 7) is 4.10. The van der Waals surface area contributed by atoms with Crippen LogP contribution in [0.15, 0.2) is 0 Å². The minimum atomic E-state index is 0.0782. The Morgan fingerprint density at radius 1 is 1.14 bits per heavy atom. The fraction of sp³-hybridized carbons (Fsp3) is 0.778. The maximum Gasteiger partial charge on any atom is 0.223 e. The maximum absolute atomic E-state index is 11.4. The minimum absolute atomic E-state index is 0.0782. The molecule has 1 aliphatic heterocycles. The number of amides is 2. The summed E-state index contributed by atoms with van der Waals surface area (Å²) in [7, 11) is 0. The van der Waals surface area contributed by atoms with E-state index in [0.29, 0.717) is 38.5 Å². The molecule has 0 unspecified atom stereocenters. The van der Waals surface area contributed by atoms with Gasteiger partial charge in [-0.25, -0.2) is 0 Å². The van der Waals surface area contributed by atoms with Gasteiger partial charge in [0.15, 0.2) is 0 Å².